The summed E-state index contributed by atoms with van der Waals surface area (Å²) in [7, 11) is 0. The third-order valence-electron chi connectivity index (χ3n) is 4.17. The lowest BCUT2D eigenvalue weighted by Crippen LogP contribution is -2.43. The van der Waals surface area contributed by atoms with Gasteiger partial charge in [-0.05, 0) is 37.0 Å². The van der Waals surface area contributed by atoms with Crippen LogP contribution in [0.15, 0.2) is 0 Å². The molecule has 1 rings (SSSR count). The fraction of sp³-hybridized carbons (Fsp3) is 0.933. The molecule has 0 bridgehead atoms. The molecule has 3 nitrogen and oxygen atoms in total. The molecular formula is C15H30N2O. The van der Waals surface area contributed by atoms with Gasteiger partial charge >= 0.3 is 0 Å². The van der Waals surface area contributed by atoms with Gasteiger partial charge in [-0.1, -0.05) is 40.0 Å². The van der Waals surface area contributed by atoms with Crippen molar-refractivity contribution in [2.75, 3.05) is 6.54 Å². The zero-order valence-corrected chi connectivity index (χ0v) is 12.2. The van der Waals surface area contributed by atoms with Gasteiger partial charge in [-0.25, -0.2) is 0 Å². The molecule has 1 fully saturated rings. The highest BCUT2D eigenvalue weighted by Gasteiger charge is 2.21. The second-order valence-corrected chi connectivity index (χ2v) is 6.28. The Morgan fingerprint density at radius 1 is 1.22 bits per heavy atom. The Morgan fingerprint density at radius 2 is 1.78 bits per heavy atom. The summed E-state index contributed by atoms with van der Waals surface area (Å²) in [5.74, 6) is 2.09. The van der Waals surface area contributed by atoms with Crippen LogP contribution in [0.3, 0.4) is 0 Å². The first-order valence-corrected chi connectivity index (χ1v) is 7.56. The first-order chi connectivity index (χ1) is 8.52. The Balaban J connectivity index is 2.19. The summed E-state index contributed by atoms with van der Waals surface area (Å²) in [6, 6.07) is -0.336. The molecule has 1 unspecified atom stereocenters. The predicted molar refractivity (Wildman–Crippen MR) is 76.2 cm³/mol. The van der Waals surface area contributed by atoms with E-state index in [1.54, 1.807) is 0 Å². The second kappa shape index (κ2) is 7.78. The summed E-state index contributed by atoms with van der Waals surface area (Å²) in [5.41, 5.74) is 5.87. The SMILES string of the molecule is CCC1CCC(CNC(=O)C(N)CC(C)C)CC1. The fourth-order valence-electron chi connectivity index (χ4n) is 2.83. The van der Waals surface area contributed by atoms with Crippen LogP contribution in [0, 0.1) is 17.8 Å². The molecule has 0 aromatic rings. The molecule has 18 heavy (non-hydrogen) atoms. The van der Waals surface area contributed by atoms with E-state index in [0.717, 1.165) is 18.9 Å². The van der Waals surface area contributed by atoms with Crippen molar-refractivity contribution in [3.05, 3.63) is 0 Å². The van der Waals surface area contributed by atoms with Crippen LogP contribution in [0.1, 0.15) is 59.3 Å². The Kier molecular flexibility index (Phi) is 6.69. The highest BCUT2D eigenvalue weighted by Crippen LogP contribution is 2.30. The van der Waals surface area contributed by atoms with E-state index in [2.05, 4.69) is 26.1 Å². The van der Waals surface area contributed by atoms with E-state index in [9.17, 15) is 4.79 Å². The van der Waals surface area contributed by atoms with Crippen molar-refractivity contribution in [3.8, 4) is 0 Å². The van der Waals surface area contributed by atoms with Crippen LogP contribution >= 0.6 is 0 Å². The van der Waals surface area contributed by atoms with Gasteiger partial charge in [0.15, 0.2) is 0 Å². The first-order valence-electron chi connectivity index (χ1n) is 7.56. The maximum absolute atomic E-state index is 11.8. The predicted octanol–water partition coefficient (Wildman–Crippen LogP) is 2.69. The molecule has 0 saturated heterocycles. The molecule has 0 spiro atoms. The van der Waals surface area contributed by atoms with E-state index in [1.165, 1.54) is 32.1 Å². The Morgan fingerprint density at radius 3 is 2.28 bits per heavy atom. The zero-order valence-electron chi connectivity index (χ0n) is 12.2. The fourth-order valence-corrected chi connectivity index (χ4v) is 2.83. The number of carbonyl (C=O) groups excluding carboxylic acids is 1. The average molecular weight is 254 g/mol. The van der Waals surface area contributed by atoms with Crippen LogP contribution in [0.4, 0.5) is 0 Å². The van der Waals surface area contributed by atoms with E-state index in [4.69, 9.17) is 5.73 Å². The molecule has 0 heterocycles. The highest BCUT2D eigenvalue weighted by molar-refractivity contribution is 5.81. The van der Waals surface area contributed by atoms with Gasteiger partial charge in [-0.15, -0.1) is 0 Å². The summed E-state index contributed by atoms with van der Waals surface area (Å²) in [6.45, 7) is 7.29. The van der Waals surface area contributed by atoms with Crippen LogP contribution in [0.2, 0.25) is 0 Å². The number of amides is 1. The van der Waals surface area contributed by atoms with Gasteiger partial charge in [-0.3, -0.25) is 4.79 Å². The standard InChI is InChI=1S/C15H30N2O/c1-4-12-5-7-13(8-6-12)10-17-15(18)14(16)9-11(2)3/h11-14H,4-10,16H2,1-3H3,(H,17,18). The summed E-state index contributed by atoms with van der Waals surface area (Å²) in [6.07, 6.45) is 7.26. The van der Waals surface area contributed by atoms with Gasteiger partial charge < -0.3 is 11.1 Å². The van der Waals surface area contributed by atoms with Crippen molar-refractivity contribution in [2.24, 2.45) is 23.5 Å². The van der Waals surface area contributed by atoms with E-state index < -0.39 is 0 Å². The van der Waals surface area contributed by atoms with Crippen LogP contribution in [-0.4, -0.2) is 18.5 Å². The third-order valence-corrected chi connectivity index (χ3v) is 4.17. The van der Waals surface area contributed by atoms with Crippen LogP contribution in [-0.2, 0) is 4.79 Å². The molecule has 1 atom stereocenters. The normalized spacial score (nSPS) is 26.1. The minimum Gasteiger partial charge on any atom is -0.354 e. The molecule has 1 saturated carbocycles. The van der Waals surface area contributed by atoms with Gasteiger partial charge in [0.1, 0.15) is 0 Å². The Hall–Kier alpha value is -0.570. The van der Waals surface area contributed by atoms with Crippen molar-refractivity contribution < 1.29 is 4.79 Å². The second-order valence-electron chi connectivity index (χ2n) is 6.28. The van der Waals surface area contributed by atoms with Crippen molar-refractivity contribution in [1.82, 2.24) is 5.32 Å². The average Bonchev–Trinajstić information content (AvgIpc) is 2.35. The van der Waals surface area contributed by atoms with E-state index in [1.807, 2.05) is 0 Å². The number of hydrogen-bond acceptors (Lipinski definition) is 2. The van der Waals surface area contributed by atoms with Gasteiger partial charge in [-0.2, -0.15) is 0 Å². The Bertz CT molecular complexity index is 245. The maximum atomic E-state index is 11.8. The third kappa shape index (κ3) is 5.38. The molecule has 0 aromatic heterocycles. The number of nitrogens with two attached hydrogens (primary N) is 1. The molecule has 106 valence electrons. The number of carbonyl (C=O) groups is 1. The van der Waals surface area contributed by atoms with E-state index in [-0.39, 0.29) is 11.9 Å². The molecule has 0 aromatic carbocycles. The quantitative estimate of drug-likeness (QED) is 0.765. The monoisotopic (exact) mass is 254 g/mol. The smallest absolute Gasteiger partial charge is 0.236 e. The zero-order chi connectivity index (χ0) is 13.5. The first kappa shape index (κ1) is 15.5. The molecule has 1 aliphatic rings. The maximum Gasteiger partial charge on any atom is 0.236 e. The minimum absolute atomic E-state index is 0.0290. The highest BCUT2D eigenvalue weighted by atomic mass is 16.2. The van der Waals surface area contributed by atoms with Gasteiger partial charge in [0, 0.05) is 6.54 Å². The molecule has 3 heteroatoms. The van der Waals surface area contributed by atoms with E-state index in [0.29, 0.717) is 11.8 Å². The summed E-state index contributed by atoms with van der Waals surface area (Å²) < 4.78 is 0. The van der Waals surface area contributed by atoms with Crippen LogP contribution in [0.5, 0.6) is 0 Å². The van der Waals surface area contributed by atoms with Crippen molar-refractivity contribution >= 4 is 5.91 Å². The molecule has 3 N–H and O–H groups in total. The lowest BCUT2D eigenvalue weighted by molar-refractivity contribution is -0.122. The van der Waals surface area contributed by atoms with Gasteiger partial charge in [0.25, 0.3) is 0 Å². The lowest BCUT2D eigenvalue weighted by Gasteiger charge is -2.28. The minimum atomic E-state index is -0.336. The number of rotatable bonds is 6. The Labute approximate surface area is 112 Å². The number of nitrogens with one attached hydrogen (secondary N) is 1. The van der Waals surface area contributed by atoms with Crippen LogP contribution < -0.4 is 11.1 Å². The largest absolute Gasteiger partial charge is 0.354 e. The van der Waals surface area contributed by atoms with Crippen molar-refractivity contribution in [2.45, 2.75) is 65.3 Å². The summed E-state index contributed by atoms with van der Waals surface area (Å²) in [5, 5.41) is 3.03. The van der Waals surface area contributed by atoms with Gasteiger partial charge in [0.05, 0.1) is 6.04 Å². The molecular weight excluding hydrogens is 224 g/mol. The van der Waals surface area contributed by atoms with Crippen molar-refractivity contribution in [1.29, 1.82) is 0 Å². The molecule has 1 aliphatic carbocycles. The molecule has 0 radical (unpaired) electrons. The van der Waals surface area contributed by atoms with E-state index >= 15 is 0 Å². The molecule has 1 amide bonds. The summed E-state index contributed by atoms with van der Waals surface area (Å²) in [4.78, 5) is 11.8. The molecule has 0 aliphatic heterocycles. The lowest BCUT2D eigenvalue weighted by atomic mass is 9.81. The topological polar surface area (TPSA) is 55.1 Å². The van der Waals surface area contributed by atoms with Crippen molar-refractivity contribution in [3.63, 3.8) is 0 Å². The summed E-state index contributed by atoms with van der Waals surface area (Å²) >= 11 is 0. The van der Waals surface area contributed by atoms with Crippen LogP contribution in [0.25, 0.3) is 0 Å². The number of hydrogen-bond donors (Lipinski definition) is 2. The van der Waals surface area contributed by atoms with Gasteiger partial charge in [0.2, 0.25) is 5.91 Å².